The number of benzene rings is 1. The molecule has 10 heteroatoms. The zero-order valence-corrected chi connectivity index (χ0v) is 8.61. The maximum absolute atomic E-state index is 12.4. The molecule has 19 heavy (non-hydrogen) atoms. The van der Waals surface area contributed by atoms with E-state index in [2.05, 4.69) is 4.74 Å². The summed E-state index contributed by atoms with van der Waals surface area (Å²) in [5, 5.41) is 8.84. The van der Waals surface area contributed by atoms with Gasteiger partial charge in [-0.15, -0.1) is 0 Å². The van der Waals surface area contributed by atoms with Crippen molar-refractivity contribution in [3.8, 4) is 11.5 Å². The van der Waals surface area contributed by atoms with Gasteiger partial charge < -0.3 is 9.84 Å². The Morgan fingerprint density at radius 3 is 1.53 bits per heavy atom. The van der Waals surface area contributed by atoms with E-state index in [1.807, 2.05) is 0 Å². The molecule has 0 saturated heterocycles. The van der Waals surface area contributed by atoms with E-state index in [9.17, 15) is 35.1 Å². The van der Waals surface area contributed by atoms with Gasteiger partial charge in [0, 0.05) is 0 Å². The molecule has 0 radical (unpaired) electrons. The quantitative estimate of drug-likeness (QED) is 0.835. The molecule has 0 spiro atoms. The number of ether oxygens (including phenoxy) is 1. The number of rotatable bonds is 2. The SMILES string of the molecule is Oc1cc(C(F)(F)F)c(OC(F)F)c(C(F)(F)F)c1. The van der Waals surface area contributed by atoms with Crippen molar-refractivity contribution >= 4 is 0 Å². The normalized spacial score (nSPS) is 12.9. The number of halogens is 8. The third kappa shape index (κ3) is 3.61. The first kappa shape index (κ1) is 15.3. The van der Waals surface area contributed by atoms with Crippen LogP contribution in [-0.4, -0.2) is 11.7 Å². The third-order valence-electron chi connectivity index (χ3n) is 1.89. The summed E-state index contributed by atoms with van der Waals surface area (Å²) in [6.07, 6.45) is -10.8. The fourth-order valence-electron chi connectivity index (χ4n) is 1.25. The number of phenols is 1. The van der Waals surface area contributed by atoms with Crippen molar-refractivity contribution in [2.24, 2.45) is 0 Å². The highest BCUT2D eigenvalue weighted by Gasteiger charge is 2.43. The van der Waals surface area contributed by atoms with Gasteiger partial charge in [0.05, 0.1) is 0 Å². The van der Waals surface area contributed by atoms with E-state index in [0.717, 1.165) is 0 Å². The van der Waals surface area contributed by atoms with Crippen molar-refractivity contribution in [2.75, 3.05) is 0 Å². The van der Waals surface area contributed by atoms with Crippen molar-refractivity contribution in [1.29, 1.82) is 0 Å². The van der Waals surface area contributed by atoms with Crippen LogP contribution in [-0.2, 0) is 12.4 Å². The van der Waals surface area contributed by atoms with E-state index in [1.54, 1.807) is 0 Å². The van der Waals surface area contributed by atoms with Crippen molar-refractivity contribution in [2.45, 2.75) is 19.0 Å². The fraction of sp³-hybridized carbons (Fsp3) is 0.333. The molecular formula is C9H4F8O2. The van der Waals surface area contributed by atoms with Crippen LogP contribution in [0.1, 0.15) is 11.1 Å². The van der Waals surface area contributed by atoms with Gasteiger partial charge in [0.15, 0.2) is 5.75 Å². The Kier molecular flexibility index (Phi) is 3.82. The van der Waals surface area contributed by atoms with Gasteiger partial charge in [0.1, 0.15) is 16.9 Å². The highest BCUT2D eigenvalue weighted by Crippen LogP contribution is 2.46. The number of hydrogen-bond donors (Lipinski definition) is 1. The average molecular weight is 296 g/mol. The van der Waals surface area contributed by atoms with Crippen LogP contribution < -0.4 is 4.74 Å². The zero-order valence-electron chi connectivity index (χ0n) is 8.61. The van der Waals surface area contributed by atoms with E-state index in [1.165, 1.54) is 0 Å². The van der Waals surface area contributed by atoms with E-state index in [4.69, 9.17) is 5.11 Å². The van der Waals surface area contributed by atoms with Gasteiger partial charge in [-0.2, -0.15) is 35.1 Å². The lowest BCUT2D eigenvalue weighted by atomic mass is 10.1. The molecule has 0 bridgehead atoms. The van der Waals surface area contributed by atoms with E-state index >= 15 is 0 Å². The summed E-state index contributed by atoms with van der Waals surface area (Å²) < 4.78 is 102. The topological polar surface area (TPSA) is 29.5 Å². The van der Waals surface area contributed by atoms with E-state index in [0.29, 0.717) is 0 Å². The number of phenolic OH excluding ortho intramolecular Hbond substituents is 1. The summed E-state index contributed by atoms with van der Waals surface area (Å²) >= 11 is 0. The van der Waals surface area contributed by atoms with Gasteiger partial charge in [-0.3, -0.25) is 0 Å². The molecule has 0 fully saturated rings. The second-order valence-electron chi connectivity index (χ2n) is 3.24. The number of aromatic hydroxyl groups is 1. The molecule has 1 N–H and O–H groups in total. The summed E-state index contributed by atoms with van der Waals surface area (Å²) in [5.74, 6) is -3.45. The summed E-state index contributed by atoms with van der Waals surface area (Å²) in [7, 11) is 0. The summed E-state index contributed by atoms with van der Waals surface area (Å²) in [6, 6.07) is -0.264. The molecule has 0 heterocycles. The lowest BCUT2D eigenvalue weighted by Gasteiger charge is -2.19. The molecule has 0 aliphatic rings. The highest BCUT2D eigenvalue weighted by molar-refractivity contribution is 5.49. The Hall–Kier alpha value is -1.74. The highest BCUT2D eigenvalue weighted by atomic mass is 19.4. The minimum atomic E-state index is -5.40. The Labute approximate surface area is 99.8 Å². The molecule has 1 aromatic carbocycles. The molecule has 0 atom stereocenters. The number of hydrogen-bond acceptors (Lipinski definition) is 2. The van der Waals surface area contributed by atoms with Crippen LogP contribution in [0.5, 0.6) is 11.5 Å². The summed E-state index contributed by atoms with van der Waals surface area (Å²) in [4.78, 5) is 0. The molecule has 108 valence electrons. The maximum Gasteiger partial charge on any atom is 0.420 e. The minimum Gasteiger partial charge on any atom is -0.508 e. The zero-order chi connectivity index (χ0) is 15.0. The number of alkyl halides is 8. The molecule has 0 aliphatic carbocycles. The minimum absolute atomic E-state index is 0.132. The fourth-order valence-corrected chi connectivity index (χ4v) is 1.25. The summed E-state index contributed by atoms with van der Waals surface area (Å²) in [6.45, 7) is -3.88. The van der Waals surface area contributed by atoms with Gasteiger partial charge in [-0.25, -0.2) is 0 Å². The van der Waals surface area contributed by atoms with Gasteiger partial charge in [0.2, 0.25) is 0 Å². The monoisotopic (exact) mass is 296 g/mol. The molecule has 0 aromatic heterocycles. The second kappa shape index (κ2) is 4.74. The van der Waals surface area contributed by atoms with E-state index in [-0.39, 0.29) is 12.1 Å². The third-order valence-corrected chi connectivity index (χ3v) is 1.89. The second-order valence-corrected chi connectivity index (χ2v) is 3.24. The lowest BCUT2D eigenvalue weighted by molar-refractivity contribution is -0.150. The lowest BCUT2D eigenvalue weighted by Crippen LogP contribution is -2.17. The van der Waals surface area contributed by atoms with Gasteiger partial charge in [-0.05, 0) is 12.1 Å². The van der Waals surface area contributed by atoms with Crippen molar-refractivity contribution < 1.29 is 45.0 Å². The van der Waals surface area contributed by atoms with Gasteiger partial charge in [0.25, 0.3) is 0 Å². The first-order chi connectivity index (χ1) is 8.43. The molecule has 2 nitrogen and oxygen atoms in total. The van der Waals surface area contributed by atoms with Crippen LogP contribution in [0.4, 0.5) is 35.1 Å². The van der Waals surface area contributed by atoms with Gasteiger partial charge in [-0.1, -0.05) is 0 Å². The van der Waals surface area contributed by atoms with Crippen molar-refractivity contribution in [1.82, 2.24) is 0 Å². The van der Waals surface area contributed by atoms with Crippen molar-refractivity contribution in [3.05, 3.63) is 23.3 Å². The van der Waals surface area contributed by atoms with Crippen LogP contribution in [0.2, 0.25) is 0 Å². The Morgan fingerprint density at radius 2 is 1.26 bits per heavy atom. The molecule has 1 aromatic rings. The van der Waals surface area contributed by atoms with Gasteiger partial charge >= 0.3 is 19.0 Å². The maximum atomic E-state index is 12.4. The summed E-state index contributed by atoms with van der Waals surface area (Å²) in [5.41, 5.74) is -4.28. The first-order valence-corrected chi connectivity index (χ1v) is 4.39. The Balaban J connectivity index is 3.58. The smallest absolute Gasteiger partial charge is 0.420 e. The molecule has 0 aliphatic heterocycles. The van der Waals surface area contributed by atoms with Crippen LogP contribution in [0.15, 0.2) is 12.1 Å². The Morgan fingerprint density at radius 1 is 0.895 bits per heavy atom. The van der Waals surface area contributed by atoms with Crippen LogP contribution in [0, 0.1) is 0 Å². The molecular weight excluding hydrogens is 292 g/mol. The Bertz CT molecular complexity index is 427. The molecule has 0 unspecified atom stereocenters. The molecule has 1 rings (SSSR count). The standard InChI is InChI=1S/C9H4F8O2/c10-7(11)19-6-4(8(12,13)14)1-3(18)2-5(6)9(15,16)17/h1-2,7,18H. The van der Waals surface area contributed by atoms with Crippen LogP contribution in [0.25, 0.3) is 0 Å². The molecule has 0 amide bonds. The van der Waals surface area contributed by atoms with Crippen LogP contribution in [0.3, 0.4) is 0 Å². The predicted octanol–water partition coefficient (Wildman–Crippen LogP) is 4.03. The molecule has 0 saturated carbocycles. The van der Waals surface area contributed by atoms with E-state index < -0.39 is 41.6 Å². The average Bonchev–Trinajstić information content (AvgIpc) is 2.16. The largest absolute Gasteiger partial charge is 0.508 e. The first-order valence-electron chi connectivity index (χ1n) is 4.39. The van der Waals surface area contributed by atoms with Crippen LogP contribution >= 0.6 is 0 Å². The predicted molar refractivity (Wildman–Crippen MR) is 44.7 cm³/mol. The van der Waals surface area contributed by atoms with Crippen molar-refractivity contribution in [3.63, 3.8) is 0 Å².